The molecule has 114 valence electrons. The monoisotopic (exact) mass is 316 g/mol. The van der Waals surface area contributed by atoms with Crippen molar-refractivity contribution in [1.29, 1.82) is 0 Å². The third-order valence-electron chi connectivity index (χ3n) is 3.29. The molecule has 2 amide bonds. The van der Waals surface area contributed by atoms with Crippen LogP contribution < -0.4 is 10.2 Å². The maximum Gasteiger partial charge on any atom is 0.228 e. The number of rotatable bonds is 4. The quantitative estimate of drug-likeness (QED) is 0.938. The molecule has 0 saturated heterocycles. The number of nitrogens with zero attached hydrogens (tertiary/aromatic N) is 1. The molecule has 2 rings (SSSR count). The molecule has 2 aromatic carbocycles. The largest absolute Gasteiger partial charge is 0.324 e. The van der Waals surface area contributed by atoms with Gasteiger partial charge in [-0.3, -0.25) is 9.59 Å². The van der Waals surface area contributed by atoms with E-state index in [0.717, 1.165) is 5.56 Å². The summed E-state index contributed by atoms with van der Waals surface area (Å²) in [5.41, 5.74) is 2.15. The van der Waals surface area contributed by atoms with Gasteiger partial charge in [-0.05, 0) is 29.8 Å². The Morgan fingerprint density at radius 2 is 1.73 bits per heavy atom. The summed E-state index contributed by atoms with van der Waals surface area (Å²) in [4.78, 5) is 25.2. The van der Waals surface area contributed by atoms with E-state index in [1.807, 2.05) is 24.3 Å². The highest BCUT2D eigenvalue weighted by molar-refractivity contribution is 6.30. The number of nitrogens with one attached hydrogen (secondary N) is 1. The lowest BCUT2D eigenvalue weighted by Crippen LogP contribution is -2.25. The molecule has 5 heteroatoms. The van der Waals surface area contributed by atoms with Crippen LogP contribution in [0.2, 0.25) is 5.02 Å². The van der Waals surface area contributed by atoms with Gasteiger partial charge < -0.3 is 10.2 Å². The van der Waals surface area contributed by atoms with Gasteiger partial charge in [0.25, 0.3) is 0 Å². The van der Waals surface area contributed by atoms with Crippen LogP contribution in [0.4, 0.5) is 11.4 Å². The molecule has 0 bridgehead atoms. The molecule has 4 nitrogen and oxygen atoms in total. The van der Waals surface area contributed by atoms with Gasteiger partial charge in [0, 0.05) is 19.0 Å². The van der Waals surface area contributed by atoms with E-state index >= 15 is 0 Å². The van der Waals surface area contributed by atoms with E-state index in [4.69, 9.17) is 11.6 Å². The van der Waals surface area contributed by atoms with Crippen molar-refractivity contribution in [2.75, 3.05) is 17.3 Å². The first kappa shape index (κ1) is 16.0. The van der Waals surface area contributed by atoms with Gasteiger partial charge in [0.15, 0.2) is 0 Å². The van der Waals surface area contributed by atoms with Crippen LogP contribution in [0.1, 0.15) is 12.5 Å². The van der Waals surface area contributed by atoms with E-state index in [1.165, 1.54) is 11.8 Å². The average Bonchev–Trinajstić information content (AvgIpc) is 2.49. The average molecular weight is 317 g/mol. The molecule has 0 unspecified atom stereocenters. The standard InChI is InChI=1S/C17H17ClN2O2/c1-12(21)20(2)16-6-4-3-5-15(16)19-17(22)11-13-7-9-14(18)10-8-13/h3-10H,11H2,1-2H3,(H,19,22). The van der Waals surface area contributed by atoms with E-state index in [-0.39, 0.29) is 18.2 Å². The third kappa shape index (κ3) is 4.09. The smallest absolute Gasteiger partial charge is 0.228 e. The van der Waals surface area contributed by atoms with Crippen LogP contribution in [0.3, 0.4) is 0 Å². The van der Waals surface area contributed by atoms with Crippen molar-refractivity contribution < 1.29 is 9.59 Å². The number of para-hydroxylation sites is 2. The van der Waals surface area contributed by atoms with Crippen molar-refractivity contribution in [2.45, 2.75) is 13.3 Å². The second-order valence-corrected chi connectivity index (χ2v) is 5.38. The molecular weight excluding hydrogens is 300 g/mol. The molecule has 0 fully saturated rings. The molecule has 0 heterocycles. The number of anilines is 2. The first-order chi connectivity index (χ1) is 10.5. The van der Waals surface area contributed by atoms with Crippen molar-refractivity contribution in [3.8, 4) is 0 Å². The molecule has 0 radical (unpaired) electrons. The maximum absolute atomic E-state index is 12.2. The summed E-state index contributed by atoms with van der Waals surface area (Å²) in [6.07, 6.45) is 0.245. The number of amides is 2. The molecule has 2 aromatic rings. The fourth-order valence-corrected chi connectivity index (χ4v) is 2.15. The molecule has 22 heavy (non-hydrogen) atoms. The second-order valence-electron chi connectivity index (χ2n) is 4.95. The van der Waals surface area contributed by atoms with Crippen LogP contribution in [0.15, 0.2) is 48.5 Å². The van der Waals surface area contributed by atoms with Crippen molar-refractivity contribution in [3.63, 3.8) is 0 Å². The van der Waals surface area contributed by atoms with Crippen molar-refractivity contribution >= 4 is 34.8 Å². The normalized spacial score (nSPS) is 10.1. The molecule has 0 aliphatic carbocycles. The zero-order valence-electron chi connectivity index (χ0n) is 12.5. The number of hydrogen-bond acceptors (Lipinski definition) is 2. The Labute approximate surface area is 134 Å². The van der Waals surface area contributed by atoms with E-state index in [9.17, 15) is 9.59 Å². The fraction of sp³-hybridized carbons (Fsp3) is 0.176. The van der Waals surface area contributed by atoms with Crippen LogP contribution in [0.25, 0.3) is 0 Å². The van der Waals surface area contributed by atoms with Gasteiger partial charge in [-0.2, -0.15) is 0 Å². The molecule has 1 N–H and O–H groups in total. The first-order valence-corrected chi connectivity index (χ1v) is 7.23. The van der Waals surface area contributed by atoms with Crippen molar-refractivity contribution in [2.24, 2.45) is 0 Å². The Balaban J connectivity index is 2.11. The first-order valence-electron chi connectivity index (χ1n) is 6.85. The topological polar surface area (TPSA) is 49.4 Å². The van der Waals surface area contributed by atoms with Crippen LogP contribution >= 0.6 is 11.6 Å². The zero-order valence-corrected chi connectivity index (χ0v) is 13.2. The predicted octanol–water partition coefficient (Wildman–Crippen LogP) is 3.50. The molecule has 0 aromatic heterocycles. The summed E-state index contributed by atoms with van der Waals surface area (Å²) in [7, 11) is 1.67. The van der Waals surface area contributed by atoms with Crippen LogP contribution in [0, 0.1) is 0 Å². The zero-order chi connectivity index (χ0) is 16.1. The fourth-order valence-electron chi connectivity index (χ4n) is 2.02. The minimum atomic E-state index is -0.147. The summed E-state index contributed by atoms with van der Waals surface area (Å²) in [6, 6.07) is 14.3. The number of benzene rings is 2. The highest BCUT2D eigenvalue weighted by Crippen LogP contribution is 2.24. The lowest BCUT2D eigenvalue weighted by molar-refractivity contribution is -0.117. The van der Waals surface area contributed by atoms with Gasteiger partial charge in [0.1, 0.15) is 0 Å². The van der Waals surface area contributed by atoms with Gasteiger partial charge >= 0.3 is 0 Å². The summed E-state index contributed by atoms with van der Waals surface area (Å²) >= 11 is 5.83. The van der Waals surface area contributed by atoms with Crippen LogP contribution in [-0.2, 0) is 16.0 Å². The number of carbonyl (C=O) groups is 2. The number of carbonyl (C=O) groups excluding carboxylic acids is 2. The Morgan fingerprint density at radius 3 is 2.36 bits per heavy atom. The van der Waals surface area contributed by atoms with Gasteiger partial charge in [-0.1, -0.05) is 35.9 Å². The SMILES string of the molecule is CC(=O)N(C)c1ccccc1NC(=O)Cc1ccc(Cl)cc1. The lowest BCUT2D eigenvalue weighted by Gasteiger charge is -2.19. The molecule has 0 aliphatic rings. The summed E-state index contributed by atoms with van der Waals surface area (Å²) in [5.74, 6) is -0.244. The summed E-state index contributed by atoms with van der Waals surface area (Å²) in [6.45, 7) is 1.48. The van der Waals surface area contributed by atoms with E-state index in [2.05, 4.69) is 5.32 Å². The molecule has 0 spiro atoms. The summed E-state index contributed by atoms with van der Waals surface area (Å²) < 4.78 is 0. The van der Waals surface area contributed by atoms with E-state index in [1.54, 1.807) is 31.3 Å². The van der Waals surface area contributed by atoms with Crippen LogP contribution in [0.5, 0.6) is 0 Å². The number of hydrogen-bond donors (Lipinski definition) is 1. The van der Waals surface area contributed by atoms with Gasteiger partial charge in [-0.25, -0.2) is 0 Å². The Hall–Kier alpha value is -2.33. The van der Waals surface area contributed by atoms with Crippen molar-refractivity contribution in [1.82, 2.24) is 0 Å². The highest BCUT2D eigenvalue weighted by atomic mass is 35.5. The summed E-state index contributed by atoms with van der Waals surface area (Å²) in [5, 5.41) is 3.48. The molecule has 0 saturated carbocycles. The van der Waals surface area contributed by atoms with E-state index < -0.39 is 0 Å². The van der Waals surface area contributed by atoms with Crippen molar-refractivity contribution in [3.05, 3.63) is 59.1 Å². The van der Waals surface area contributed by atoms with Gasteiger partial charge in [0.2, 0.25) is 11.8 Å². The van der Waals surface area contributed by atoms with E-state index in [0.29, 0.717) is 16.4 Å². The van der Waals surface area contributed by atoms with Gasteiger partial charge in [0.05, 0.1) is 17.8 Å². The third-order valence-corrected chi connectivity index (χ3v) is 3.54. The Bertz CT molecular complexity index is 683. The van der Waals surface area contributed by atoms with Crippen LogP contribution in [-0.4, -0.2) is 18.9 Å². The minimum absolute atomic E-state index is 0.0978. The highest BCUT2D eigenvalue weighted by Gasteiger charge is 2.12. The molecular formula is C17H17ClN2O2. The maximum atomic E-state index is 12.2. The Morgan fingerprint density at radius 1 is 1.09 bits per heavy atom. The lowest BCUT2D eigenvalue weighted by atomic mass is 10.1. The second kappa shape index (κ2) is 7.09. The minimum Gasteiger partial charge on any atom is -0.324 e. The molecule has 0 atom stereocenters. The number of halogens is 1. The predicted molar refractivity (Wildman–Crippen MR) is 89.3 cm³/mol. The molecule has 0 aliphatic heterocycles. The Kier molecular flexibility index (Phi) is 5.17. The van der Waals surface area contributed by atoms with Gasteiger partial charge in [-0.15, -0.1) is 0 Å².